The van der Waals surface area contributed by atoms with Crippen LogP contribution in [-0.4, -0.2) is 24.9 Å². The lowest BCUT2D eigenvalue weighted by atomic mass is 10.3. The first-order chi connectivity index (χ1) is 9.51. The van der Waals surface area contributed by atoms with Crippen LogP contribution in [0.25, 0.3) is 0 Å². The fourth-order valence-electron chi connectivity index (χ4n) is 1.41. The van der Waals surface area contributed by atoms with Crippen molar-refractivity contribution in [2.45, 2.75) is 11.3 Å². The van der Waals surface area contributed by atoms with Gasteiger partial charge in [0.25, 0.3) is 0 Å². The normalized spacial score (nSPS) is 11.5. The lowest BCUT2D eigenvalue weighted by molar-refractivity contribution is 0.581. The van der Waals surface area contributed by atoms with Crippen molar-refractivity contribution in [3.05, 3.63) is 33.7 Å². The second-order valence-corrected chi connectivity index (χ2v) is 7.31. The van der Waals surface area contributed by atoms with Crippen molar-refractivity contribution in [1.82, 2.24) is 14.7 Å². The zero-order chi connectivity index (χ0) is 14.6. The SMILES string of the molecule is NNc1ncc(S(=O)(=O)NCCc2ccc(Cl)s2)cn1. The quantitative estimate of drug-likeness (QED) is 0.537. The van der Waals surface area contributed by atoms with E-state index in [1.807, 2.05) is 6.07 Å². The number of nitrogens with zero attached hydrogens (tertiary/aromatic N) is 2. The van der Waals surface area contributed by atoms with Gasteiger partial charge in [-0.3, -0.25) is 5.43 Å². The fraction of sp³-hybridized carbons (Fsp3) is 0.200. The molecule has 0 saturated heterocycles. The second kappa shape index (κ2) is 6.46. The molecule has 0 radical (unpaired) electrons. The van der Waals surface area contributed by atoms with Gasteiger partial charge in [0.1, 0.15) is 4.90 Å². The minimum Gasteiger partial charge on any atom is -0.292 e. The molecule has 0 spiro atoms. The average molecular weight is 334 g/mol. The standard InChI is InChI=1S/C10H12ClN5O2S2/c11-9-2-1-7(19-9)3-4-15-20(17,18)8-5-13-10(16-12)14-6-8/h1-2,5-6,15H,3-4,12H2,(H,13,14,16). The first kappa shape index (κ1) is 15.1. The topological polar surface area (TPSA) is 110 Å². The third-order valence-corrected chi connectivity index (χ3v) is 5.07. The lowest BCUT2D eigenvalue weighted by Crippen LogP contribution is -2.26. The van der Waals surface area contributed by atoms with Crippen molar-refractivity contribution >= 4 is 38.9 Å². The first-order valence-electron chi connectivity index (χ1n) is 5.54. The van der Waals surface area contributed by atoms with Gasteiger partial charge in [-0.1, -0.05) is 11.6 Å². The number of hydrazine groups is 1. The summed E-state index contributed by atoms with van der Waals surface area (Å²) in [6.07, 6.45) is 2.94. The predicted octanol–water partition coefficient (Wildman–Crippen LogP) is 0.998. The van der Waals surface area contributed by atoms with Gasteiger partial charge in [0.15, 0.2) is 0 Å². The van der Waals surface area contributed by atoms with E-state index in [2.05, 4.69) is 20.1 Å². The Morgan fingerprint density at radius 3 is 2.55 bits per heavy atom. The van der Waals surface area contributed by atoms with E-state index < -0.39 is 10.0 Å². The molecule has 2 aromatic rings. The van der Waals surface area contributed by atoms with E-state index in [4.69, 9.17) is 17.4 Å². The molecule has 0 amide bonds. The van der Waals surface area contributed by atoms with Crippen LogP contribution in [0.15, 0.2) is 29.4 Å². The molecule has 0 aromatic carbocycles. The Bertz CT molecular complexity index is 671. The van der Waals surface area contributed by atoms with Crippen molar-refractivity contribution in [3.63, 3.8) is 0 Å². The van der Waals surface area contributed by atoms with Gasteiger partial charge in [0.2, 0.25) is 16.0 Å². The van der Waals surface area contributed by atoms with Crippen LogP contribution in [0.2, 0.25) is 4.34 Å². The number of nitrogen functional groups attached to an aromatic ring is 1. The molecule has 0 aliphatic carbocycles. The summed E-state index contributed by atoms with van der Waals surface area (Å²) in [6, 6.07) is 3.65. The van der Waals surface area contributed by atoms with Crippen molar-refractivity contribution < 1.29 is 8.42 Å². The van der Waals surface area contributed by atoms with E-state index in [1.54, 1.807) is 6.07 Å². The van der Waals surface area contributed by atoms with Gasteiger partial charge in [-0.15, -0.1) is 11.3 Å². The Labute approximate surface area is 125 Å². The third-order valence-electron chi connectivity index (χ3n) is 2.36. The molecule has 0 unspecified atom stereocenters. The molecule has 2 heterocycles. The maximum atomic E-state index is 12.0. The lowest BCUT2D eigenvalue weighted by Gasteiger charge is -2.05. The van der Waals surface area contributed by atoms with Crippen molar-refractivity contribution in [3.8, 4) is 0 Å². The highest BCUT2D eigenvalue weighted by Gasteiger charge is 2.14. The highest BCUT2D eigenvalue weighted by Crippen LogP contribution is 2.21. The van der Waals surface area contributed by atoms with Crippen LogP contribution in [0.3, 0.4) is 0 Å². The Balaban J connectivity index is 1.96. The molecule has 10 heteroatoms. The Kier molecular flexibility index (Phi) is 4.89. The molecule has 2 rings (SSSR count). The molecule has 4 N–H and O–H groups in total. The van der Waals surface area contributed by atoms with E-state index >= 15 is 0 Å². The van der Waals surface area contributed by atoms with Crippen LogP contribution in [0.5, 0.6) is 0 Å². The largest absolute Gasteiger partial charge is 0.292 e. The Morgan fingerprint density at radius 1 is 1.30 bits per heavy atom. The molecule has 0 aliphatic heterocycles. The molecule has 20 heavy (non-hydrogen) atoms. The van der Waals surface area contributed by atoms with Crippen LogP contribution in [-0.2, 0) is 16.4 Å². The van der Waals surface area contributed by atoms with Gasteiger partial charge >= 0.3 is 0 Å². The number of halogens is 1. The summed E-state index contributed by atoms with van der Waals surface area (Å²) in [7, 11) is -3.62. The number of thiophene rings is 1. The fourth-order valence-corrected chi connectivity index (χ4v) is 3.41. The van der Waals surface area contributed by atoms with Gasteiger partial charge in [-0.2, -0.15) is 0 Å². The van der Waals surface area contributed by atoms with E-state index in [0.29, 0.717) is 10.8 Å². The molecule has 2 aromatic heterocycles. The summed E-state index contributed by atoms with van der Waals surface area (Å²) < 4.78 is 27.1. The van der Waals surface area contributed by atoms with E-state index in [-0.39, 0.29) is 17.4 Å². The number of anilines is 1. The minimum absolute atomic E-state index is 0.0132. The number of rotatable bonds is 6. The molecule has 7 nitrogen and oxygen atoms in total. The molecule has 0 aliphatic rings. The van der Waals surface area contributed by atoms with Gasteiger partial charge in [-0.25, -0.2) is 29.0 Å². The molecule has 0 saturated carbocycles. The molecule has 108 valence electrons. The first-order valence-corrected chi connectivity index (χ1v) is 8.21. The second-order valence-electron chi connectivity index (χ2n) is 3.74. The van der Waals surface area contributed by atoms with E-state index in [1.165, 1.54) is 23.7 Å². The van der Waals surface area contributed by atoms with Crippen molar-refractivity contribution in [2.24, 2.45) is 5.84 Å². The summed E-state index contributed by atoms with van der Waals surface area (Å²) in [5.74, 6) is 5.26. The predicted molar refractivity (Wildman–Crippen MR) is 78.1 cm³/mol. The Hall–Kier alpha value is -1.26. The minimum atomic E-state index is -3.62. The number of nitrogens with one attached hydrogen (secondary N) is 2. The zero-order valence-corrected chi connectivity index (χ0v) is 12.6. The number of sulfonamides is 1. The van der Waals surface area contributed by atoms with Crippen LogP contribution in [0, 0.1) is 0 Å². The van der Waals surface area contributed by atoms with Crippen molar-refractivity contribution in [2.75, 3.05) is 12.0 Å². The molecule has 0 atom stereocenters. The average Bonchev–Trinajstić information content (AvgIpc) is 2.84. The van der Waals surface area contributed by atoms with Crippen LogP contribution in [0.1, 0.15) is 4.88 Å². The van der Waals surface area contributed by atoms with E-state index in [0.717, 1.165) is 4.88 Å². The molecule has 0 fully saturated rings. The van der Waals surface area contributed by atoms with Gasteiger partial charge in [0, 0.05) is 11.4 Å². The number of hydrogen-bond donors (Lipinski definition) is 3. The van der Waals surface area contributed by atoms with Crippen LogP contribution in [0.4, 0.5) is 5.95 Å². The summed E-state index contributed by atoms with van der Waals surface area (Å²) >= 11 is 7.22. The molecular weight excluding hydrogens is 322 g/mol. The van der Waals surface area contributed by atoms with Gasteiger partial charge < -0.3 is 0 Å². The number of aromatic nitrogens is 2. The van der Waals surface area contributed by atoms with Gasteiger partial charge in [-0.05, 0) is 18.6 Å². The summed E-state index contributed by atoms with van der Waals surface area (Å²) in [5, 5.41) is 0. The van der Waals surface area contributed by atoms with E-state index in [9.17, 15) is 8.42 Å². The number of hydrogen-bond acceptors (Lipinski definition) is 7. The highest BCUT2D eigenvalue weighted by molar-refractivity contribution is 7.89. The molecular formula is C10H12ClN5O2S2. The third kappa shape index (κ3) is 3.87. The zero-order valence-electron chi connectivity index (χ0n) is 10.2. The number of nitrogens with two attached hydrogens (primary N) is 1. The maximum Gasteiger partial charge on any atom is 0.243 e. The molecule has 0 bridgehead atoms. The maximum absolute atomic E-state index is 12.0. The summed E-state index contributed by atoms with van der Waals surface area (Å²) in [5.41, 5.74) is 2.22. The van der Waals surface area contributed by atoms with Crippen LogP contribution < -0.4 is 16.0 Å². The summed E-state index contributed by atoms with van der Waals surface area (Å²) in [6.45, 7) is 0.274. The van der Waals surface area contributed by atoms with Gasteiger partial charge in [0.05, 0.1) is 16.7 Å². The Morgan fingerprint density at radius 2 is 2.00 bits per heavy atom. The monoisotopic (exact) mass is 333 g/mol. The summed E-state index contributed by atoms with van der Waals surface area (Å²) in [4.78, 5) is 8.50. The highest BCUT2D eigenvalue weighted by atomic mass is 35.5. The smallest absolute Gasteiger partial charge is 0.243 e. The van der Waals surface area contributed by atoms with Crippen molar-refractivity contribution in [1.29, 1.82) is 0 Å². The van der Waals surface area contributed by atoms with Crippen LogP contribution >= 0.6 is 22.9 Å².